The SMILES string of the molecule is CN1C(=O)c2cc(O)c3ccccc3c2C1=O. The Kier molecular flexibility index (Phi) is 1.78. The minimum absolute atomic E-state index is 0.0239. The number of carbonyl (C=O) groups is 2. The molecule has 84 valence electrons. The smallest absolute Gasteiger partial charge is 0.261 e. The van der Waals surface area contributed by atoms with Gasteiger partial charge in [0, 0.05) is 12.4 Å². The molecule has 2 aromatic rings. The molecular formula is C13H9NO3. The van der Waals surface area contributed by atoms with Crippen molar-refractivity contribution in [3.05, 3.63) is 41.5 Å². The first kappa shape index (κ1) is 9.84. The van der Waals surface area contributed by atoms with Crippen LogP contribution in [0, 0.1) is 0 Å². The van der Waals surface area contributed by atoms with Gasteiger partial charge in [0.05, 0.1) is 11.1 Å². The molecule has 4 heteroatoms. The average molecular weight is 227 g/mol. The molecule has 0 saturated carbocycles. The van der Waals surface area contributed by atoms with Crippen LogP contribution in [0.4, 0.5) is 0 Å². The molecule has 0 saturated heterocycles. The molecule has 0 radical (unpaired) electrons. The van der Waals surface area contributed by atoms with Gasteiger partial charge in [0.1, 0.15) is 5.75 Å². The summed E-state index contributed by atoms with van der Waals surface area (Å²) in [6.07, 6.45) is 0. The van der Waals surface area contributed by atoms with E-state index >= 15 is 0 Å². The van der Waals surface area contributed by atoms with E-state index in [9.17, 15) is 14.7 Å². The molecule has 2 aromatic carbocycles. The number of amides is 2. The van der Waals surface area contributed by atoms with Crippen molar-refractivity contribution in [1.29, 1.82) is 0 Å². The lowest BCUT2D eigenvalue weighted by Crippen LogP contribution is -2.24. The number of phenols is 1. The number of hydrogen-bond acceptors (Lipinski definition) is 3. The van der Waals surface area contributed by atoms with Gasteiger partial charge in [0.25, 0.3) is 11.8 Å². The fourth-order valence-electron chi connectivity index (χ4n) is 2.20. The average Bonchev–Trinajstić information content (AvgIpc) is 2.55. The summed E-state index contributed by atoms with van der Waals surface area (Å²) in [6, 6.07) is 8.37. The van der Waals surface area contributed by atoms with Gasteiger partial charge in [-0.1, -0.05) is 24.3 Å². The maximum absolute atomic E-state index is 12.0. The quantitative estimate of drug-likeness (QED) is 0.698. The molecule has 4 nitrogen and oxygen atoms in total. The van der Waals surface area contributed by atoms with Gasteiger partial charge in [-0.2, -0.15) is 0 Å². The van der Waals surface area contributed by atoms with Crippen molar-refractivity contribution in [2.45, 2.75) is 0 Å². The van der Waals surface area contributed by atoms with Crippen molar-refractivity contribution >= 4 is 22.6 Å². The molecule has 0 fully saturated rings. The Morgan fingerprint density at radius 3 is 2.41 bits per heavy atom. The summed E-state index contributed by atoms with van der Waals surface area (Å²) >= 11 is 0. The van der Waals surface area contributed by atoms with E-state index in [1.54, 1.807) is 24.3 Å². The fourth-order valence-corrected chi connectivity index (χ4v) is 2.20. The van der Waals surface area contributed by atoms with Crippen LogP contribution in [-0.4, -0.2) is 28.9 Å². The van der Waals surface area contributed by atoms with Crippen molar-refractivity contribution in [3.8, 4) is 5.75 Å². The molecule has 1 aliphatic rings. The van der Waals surface area contributed by atoms with Gasteiger partial charge in [0.2, 0.25) is 0 Å². The van der Waals surface area contributed by atoms with E-state index < -0.39 is 0 Å². The number of aromatic hydroxyl groups is 1. The molecule has 3 rings (SSSR count). The molecule has 0 bridgehead atoms. The summed E-state index contributed by atoms with van der Waals surface area (Å²) < 4.78 is 0. The van der Waals surface area contributed by atoms with Crippen LogP contribution in [0.2, 0.25) is 0 Å². The highest BCUT2D eigenvalue weighted by atomic mass is 16.3. The summed E-state index contributed by atoms with van der Waals surface area (Å²) in [5, 5.41) is 11.0. The topological polar surface area (TPSA) is 57.6 Å². The first-order valence-corrected chi connectivity index (χ1v) is 5.18. The highest BCUT2D eigenvalue weighted by Gasteiger charge is 2.35. The van der Waals surface area contributed by atoms with E-state index in [2.05, 4.69) is 0 Å². The van der Waals surface area contributed by atoms with Crippen molar-refractivity contribution in [1.82, 2.24) is 4.90 Å². The van der Waals surface area contributed by atoms with Gasteiger partial charge in [-0.05, 0) is 11.5 Å². The van der Waals surface area contributed by atoms with Gasteiger partial charge in [0.15, 0.2) is 0 Å². The number of hydrogen-bond donors (Lipinski definition) is 1. The van der Waals surface area contributed by atoms with E-state index in [0.29, 0.717) is 16.3 Å². The molecule has 2 amide bonds. The van der Waals surface area contributed by atoms with E-state index in [1.165, 1.54) is 13.1 Å². The summed E-state index contributed by atoms with van der Waals surface area (Å²) in [5.74, 6) is -0.664. The Labute approximate surface area is 97.1 Å². The van der Waals surface area contributed by atoms with E-state index in [4.69, 9.17) is 0 Å². The van der Waals surface area contributed by atoms with Gasteiger partial charge < -0.3 is 5.11 Å². The van der Waals surface area contributed by atoms with Crippen LogP contribution in [0.3, 0.4) is 0 Å². The molecule has 0 spiro atoms. The molecule has 0 atom stereocenters. The number of imide groups is 1. The molecule has 17 heavy (non-hydrogen) atoms. The van der Waals surface area contributed by atoms with E-state index in [0.717, 1.165) is 4.90 Å². The largest absolute Gasteiger partial charge is 0.507 e. The van der Waals surface area contributed by atoms with Crippen molar-refractivity contribution in [3.63, 3.8) is 0 Å². The second-order valence-electron chi connectivity index (χ2n) is 4.03. The summed E-state index contributed by atoms with van der Waals surface area (Å²) in [4.78, 5) is 24.8. The molecular weight excluding hydrogens is 218 g/mol. The number of rotatable bonds is 0. The normalized spacial score (nSPS) is 14.5. The third-order valence-electron chi connectivity index (χ3n) is 3.08. The van der Waals surface area contributed by atoms with Gasteiger partial charge in [-0.15, -0.1) is 0 Å². The zero-order chi connectivity index (χ0) is 12.2. The first-order valence-electron chi connectivity index (χ1n) is 5.18. The second kappa shape index (κ2) is 3.07. The third-order valence-corrected chi connectivity index (χ3v) is 3.08. The zero-order valence-electron chi connectivity index (χ0n) is 9.10. The Hall–Kier alpha value is -2.36. The first-order chi connectivity index (χ1) is 8.11. The van der Waals surface area contributed by atoms with Crippen molar-refractivity contribution in [2.24, 2.45) is 0 Å². The highest BCUT2D eigenvalue weighted by molar-refractivity contribution is 6.27. The number of nitrogens with zero attached hydrogens (tertiary/aromatic N) is 1. The van der Waals surface area contributed by atoms with Crippen LogP contribution >= 0.6 is 0 Å². The lowest BCUT2D eigenvalue weighted by Gasteiger charge is -2.04. The molecule has 1 N–H and O–H groups in total. The Morgan fingerprint density at radius 1 is 1.06 bits per heavy atom. The molecule has 0 aromatic heterocycles. The minimum Gasteiger partial charge on any atom is -0.507 e. The third kappa shape index (κ3) is 1.12. The highest BCUT2D eigenvalue weighted by Crippen LogP contribution is 2.35. The zero-order valence-corrected chi connectivity index (χ0v) is 9.10. The number of benzene rings is 2. The standard InChI is InChI=1S/C13H9NO3/c1-14-12(16)9-6-10(15)7-4-2-3-5-8(7)11(9)13(14)17/h2-6,15H,1H3. The summed E-state index contributed by atoms with van der Waals surface area (Å²) in [5.41, 5.74) is 0.652. The second-order valence-corrected chi connectivity index (χ2v) is 4.03. The molecule has 0 unspecified atom stereocenters. The number of phenolic OH excluding ortho intramolecular Hbond substituents is 1. The Bertz CT molecular complexity index is 676. The van der Waals surface area contributed by atoms with Crippen LogP contribution in [0.15, 0.2) is 30.3 Å². The predicted molar refractivity (Wildman–Crippen MR) is 62.0 cm³/mol. The van der Waals surface area contributed by atoms with Gasteiger partial charge >= 0.3 is 0 Å². The van der Waals surface area contributed by atoms with E-state index in [1.807, 2.05) is 0 Å². The summed E-state index contributed by atoms with van der Waals surface area (Å²) in [6.45, 7) is 0. The van der Waals surface area contributed by atoms with Gasteiger partial charge in [-0.25, -0.2) is 0 Å². The van der Waals surface area contributed by atoms with E-state index in [-0.39, 0.29) is 23.1 Å². The van der Waals surface area contributed by atoms with Crippen molar-refractivity contribution < 1.29 is 14.7 Å². The van der Waals surface area contributed by atoms with Crippen LogP contribution in [0.1, 0.15) is 20.7 Å². The molecule has 0 aliphatic carbocycles. The van der Waals surface area contributed by atoms with Crippen LogP contribution < -0.4 is 0 Å². The maximum atomic E-state index is 12.0. The molecule has 1 aliphatic heterocycles. The predicted octanol–water partition coefficient (Wildman–Crippen LogP) is 1.77. The number of carbonyl (C=O) groups excluding carboxylic acids is 2. The van der Waals surface area contributed by atoms with Crippen LogP contribution in [-0.2, 0) is 0 Å². The molecule has 1 heterocycles. The monoisotopic (exact) mass is 227 g/mol. The lowest BCUT2D eigenvalue weighted by molar-refractivity contribution is 0.0693. The lowest BCUT2D eigenvalue weighted by atomic mass is 9.99. The summed E-state index contributed by atoms with van der Waals surface area (Å²) in [7, 11) is 1.44. The van der Waals surface area contributed by atoms with Gasteiger partial charge in [-0.3, -0.25) is 14.5 Å². The minimum atomic E-state index is -0.369. The van der Waals surface area contributed by atoms with Crippen molar-refractivity contribution in [2.75, 3.05) is 7.05 Å². The number of fused-ring (bicyclic) bond motifs is 3. The Balaban J connectivity index is 2.50. The Morgan fingerprint density at radius 2 is 1.71 bits per heavy atom. The van der Waals surface area contributed by atoms with Crippen LogP contribution in [0.25, 0.3) is 10.8 Å². The fraction of sp³-hybridized carbons (Fsp3) is 0.0769. The van der Waals surface area contributed by atoms with Crippen LogP contribution in [0.5, 0.6) is 5.75 Å². The maximum Gasteiger partial charge on any atom is 0.261 e.